The van der Waals surface area contributed by atoms with Crippen molar-refractivity contribution >= 4 is 66.4 Å². The third-order valence-corrected chi connectivity index (χ3v) is 11.8. The monoisotopic (exact) mass is 790 g/mol. The topological polar surface area (TPSA) is 24.9 Å². The standard InChI is InChI=1S/C57H46N2O2/c1-38-13-24-46(25-14-38)58(47-26-15-39(2)16-27-47)49-31-33-51(42-9-6-5-7-10-42)55(36-49)61-37-60-54-35-50(30-19-41(54)4)59(48-28-17-40(3)18-29-48)53-34-23-45-21-20-43-11-8-12-44-22-32-52(53)57(45)56(43)44/h5-36H,37H2,1-4H3. The Hall–Kier alpha value is -7.56. The first kappa shape index (κ1) is 37.7. The zero-order valence-corrected chi connectivity index (χ0v) is 34.9. The number of rotatable bonds is 11. The Balaban J connectivity index is 1.02. The van der Waals surface area contributed by atoms with Crippen molar-refractivity contribution in [1.29, 1.82) is 0 Å². The summed E-state index contributed by atoms with van der Waals surface area (Å²) in [5.41, 5.74) is 13.0. The molecule has 10 aromatic rings. The normalized spacial score (nSPS) is 11.3. The van der Waals surface area contributed by atoms with Crippen molar-refractivity contribution in [3.05, 3.63) is 216 Å². The summed E-state index contributed by atoms with van der Waals surface area (Å²) in [7, 11) is 0. The highest BCUT2D eigenvalue weighted by molar-refractivity contribution is 6.25. The van der Waals surface area contributed by atoms with Crippen LogP contribution in [0.15, 0.2) is 194 Å². The van der Waals surface area contributed by atoms with Crippen LogP contribution in [0.1, 0.15) is 22.3 Å². The highest BCUT2D eigenvalue weighted by Crippen LogP contribution is 2.45. The minimum Gasteiger partial charge on any atom is -0.457 e. The molecule has 0 fully saturated rings. The van der Waals surface area contributed by atoms with Crippen molar-refractivity contribution in [2.45, 2.75) is 27.7 Å². The molecule has 0 N–H and O–H groups in total. The van der Waals surface area contributed by atoms with Gasteiger partial charge in [-0.3, -0.25) is 0 Å². The van der Waals surface area contributed by atoms with E-state index in [4.69, 9.17) is 9.47 Å². The Kier molecular flexibility index (Phi) is 9.82. The predicted molar refractivity (Wildman–Crippen MR) is 256 cm³/mol. The predicted octanol–water partition coefficient (Wildman–Crippen LogP) is 15.8. The summed E-state index contributed by atoms with van der Waals surface area (Å²) in [5.74, 6) is 1.49. The van der Waals surface area contributed by atoms with Gasteiger partial charge in [0.15, 0.2) is 0 Å². The Morgan fingerprint density at radius 3 is 1.51 bits per heavy atom. The lowest BCUT2D eigenvalue weighted by Gasteiger charge is -2.28. The van der Waals surface area contributed by atoms with Gasteiger partial charge in [0.25, 0.3) is 0 Å². The van der Waals surface area contributed by atoms with E-state index in [1.165, 1.54) is 49.0 Å². The van der Waals surface area contributed by atoms with Crippen molar-refractivity contribution in [2.24, 2.45) is 0 Å². The molecule has 0 aromatic heterocycles. The maximum Gasteiger partial charge on any atom is 0.230 e. The summed E-state index contributed by atoms with van der Waals surface area (Å²) in [6.07, 6.45) is 0. The van der Waals surface area contributed by atoms with E-state index < -0.39 is 0 Å². The van der Waals surface area contributed by atoms with E-state index in [0.717, 1.165) is 62.3 Å². The second-order valence-corrected chi connectivity index (χ2v) is 16.0. The maximum absolute atomic E-state index is 6.69. The molecule has 4 heteroatoms. The van der Waals surface area contributed by atoms with E-state index in [1.54, 1.807) is 0 Å². The molecule has 61 heavy (non-hydrogen) atoms. The summed E-state index contributed by atoms with van der Waals surface area (Å²) in [6, 6.07) is 69.4. The zero-order chi connectivity index (χ0) is 41.5. The van der Waals surface area contributed by atoms with Crippen LogP contribution in [0, 0.1) is 27.7 Å². The fraction of sp³-hybridized carbons (Fsp3) is 0.0877. The van der Waals surface area contributed by atoms with Gasteiger partial charge in [0.05, 0.1) is 5.69 Å². The third kappa shape index (κ3) is 7.27. The Morgan fingerprint density at radius 2 is 0.869 bits per heavy atom. The Morgan fingerprint density at radius 1 is 0.377 bits per heavy atom. The second kappa shape index (κ2) is 15.9. The molecule has 10 rings (SSSR count). The molecule has 0 unspecified atom stereocenters. The molecule has 0 bridgehead atoms. The van der Waals surface area contributed by atoms with Gasteiger partial charge in [-0.25, -0.2) is 0 Å². The summed E-state index contributed by atoms with van der Waals surface area (Å²) in [6.45, 7) is 8.47. The van der Waals surface area contributed by atoms with Crippen LogP contribution in [-0.2, 0) is 0 Å². The summed E-state index contributed by atoms with van der Waals surface area (Å²) in [5, 5.41) is 7.51. The van der Waals surface area contributed by atoms with Crippen LogP contribution >= 0.6 is 0 Å². The van der Waals surface area contributed by atoms with Gasteiger partial charge in [0.2, 0.25) is 6.79 Å². The van der Waals surface area contributed by atoms with Gasteiger partial charge < -0.3 is 19.3 Å². The van der Waals surface area contributed by atoms with Gasteiger partial charge >= 0.3 is 0 Å². The highest BCUT2D eigenvalue weighted by Gasteiger charge is 2.21. The average Bonchev–Trinajstić information content (AvgIpc) is 3.29. The number of ether oxygens (including phenoxy) is 2. The number of nitrogens with zero attached hydrogens (tertiary/aromatic N) is 2. The number of benzene rings is 10. The van der Waals surface area contributed by atoms with Crippen molar-refractivity contribution in [2.75, 3.05) is 16.6 Å². The van der Waals surface area contributed by atoms with Crippen molar-refractivity contribution in [1.82, 2.24) is 0 Å². The Labute approximate surface area is 357 Å². The van der Waals surface area contributed by atoms with E-state index in [-0.39, 0.29) is 6.79 Å². The van der Waals surface area contributed by atoms with Crippen molar-refractivity contribution in [3.8, 4) is 22.6 Å². The quantitative estimate of drug-likeness (QED) is 0.0962. The first-order valence-electron chi connectivity index (χ1n) is 20.9. The SMILES string of the molecule is Cc1ccc(N(c2ccc(C)cc2)c2ccc(-c3ccccc3)c(OCOc3cc(N(c4ccc(C)cc4)c4ccc5ccc6cccc7ccc4c5c67)ccc3C)c2)cc1. The molecule has 0 atom stereocenters. The first-order chi connectivity index (χ1) is 29.9. The van der Waals surface area contributed by atoms with Crippen LogP contribution in [0.4, 0.5) is 34.1 Å². The van der Waals surface area contributed by atoms with E-state index in [0.29, 0.717) is 0 Å². The largest absolute Gasteiger partial charge is 0.457 e. The molecule has 0 saturated heterocycles. The first-order valence-corrected chi connectivity index (χ1v) is 20.9. The van der Waals surface area contributed by atoms with Crippen LogP contribution in [0.3, 0.4) is 0 Å². The lowest BCUT2D eigenvalue weighted by atomic mass is 9.93. The molecule has 296 valence electrons. The molecular formula is C57H46N2O2. The van der Waals surface area contributed by atoms with Gasteiger partial charge in [-0.15, -0.1) is 0 Å². The minimum absolute atomic E-state index is 0.0197. The minimum atomic E-state index is 0.0197. The molecule has 0 aliphatic heterocycles. The van der Waals surface area contributed by atoms with Crippen LogP contribution in [0.2, 0.25) is 0 Å². The van der Waals surface area contributed by atoms with Crippen LogP contribution in [-0.4, -0.2) is 6.79 Å². The van der Waals surface area contributed by atoms with Crippen LogP contribution < -0.4 is 19.3 Å². The van der Waals surface area contributed by atoms with E-state index in [1.807, 2.05) is 6.07 Å². The van der Waals surface area contributed by atoms with Gasteiger partial charge in [-0.1, -0.05) is 138 Å². The maximum atomic E-state index is 6.69. The van der Waals surface area contributed by atoms with Crippen molar-refractivity contribution in [3.63, 3.8) is 0 Å². The molecule has 0 heterocycles. The lowest BCUT2D eigenvalue weighted by molar-refractivity contribution is 0.120. The third-order valence-electron chi connectivity index (χ3n) is 11.8. The molecule has 0 amide bonds. The second-order valence-electron chi connectivity index (χ2n) is 16.0. The molecular weight excluding hydrogens is 745 g/mol. The van der Waals surface area contributed by atoms with Gasteiger partial charge in [-0.05, 0) is 126 Å². The fourth-order valence-corrected chi connectivity index (χ4v) is 8.54. The smallest absolute Gasteiger partial charge is 0.230 e. The average molecular weight is 791 g/mol. The molecule has 0 aliphatic carbocycles. The van der Waals surface area contributed by atoms with Gasteiger partial charge in [0, 0.05) is 51.5 Å². The number of hydrogen-bond acceptors (Lipinski definition) is 4. The number of anilines is 6. The molecule has 0 radical (unpaired) electrons. The molecule has 0 spiro atoms. The number of hydrogen-bond donors (Lipinski definition) is 0. The summed E-state index contributed by atoms with van der Waals surface area (Å²) >= 11 is 0. The highest BCUT2D eigenvalue weighted by atomic mass is 16.7. The zero-order valence-electron chi connectivity index (χ0n) is 34.9. The van der Waals surface area contributed by atoms with Crippen LogP contribution in [0.5, 0.6) is 11.5 Å². The van der Waals surface area contributed by atoms with E-state index in [9.17, 15) is 0 Å². The number of aryl methyl sites for hydroxylation is 4. The van der Waals surface area contributed by atoms with Crippen LogP contribution in [0.25, 0.3) is 43.4 Å². The Bertz CT molecular complexity index is 3080. The fourth-order valence-electron chi connectivity index (χ4n) is 8.54. The van der Waals surface area contributed by atoms with E-state index >= 15 is 0 Å². The van der Waals surface area contributed by atoms with Gasteiger partial charge in [0.1, 0.15) is 11.5 Å². The molecule has 4 nitrogen and oxygen atoms in total. The van der Waals surface area contributed by atoms with Crippen molar-refractivity contribution < 1.29 is 9.47 Å². The molecule has 0 saturated carbocycles. The van der Waals surface area contributed by atoms with E-state index in [2.05, 4.69) is 226 Å². The molecule has 0 aliphatic rings. The lowest BCUT2D eigenvalue weighted by Crippen LogP contribution is -2.13. The summed E-state index contributed by atoms with van der Waals surface area (Å²) < 4.78 is 13.3. The van der Waals surface area contributed by atoms with Gasteiger partial charge in [-0.2, -0.15) is 0 Å². The molecule has 10 aromatic carbocycles. The summed E-state index contributed by atoms with van der Waals surface area (Å²) in [4.78, 5) is 4.62.